The van der Waals surface area contributed by atoms with Gasteiger partial charge in [-0.25, -0.2) is 0 Å². The van der Waals surface area contributed by atoms with Crippen molar-refractivity contribution in [2.45, 2.75) is 76.3 Å². The molecule has 20 heavy (non-hydrogen) atoms. The van der Waals surface area contributed by atoms with Crippen LogP contribution in [0.1, 0.15) is 64.7 Å². The summed E-state index contributed by atoms with van der Waals surface area (Å²) in [7, 11) is 2.24. The summed E-state index contributed by atoms with van der Waals surface area (Å²) in [5, 5.41) is 12.9. The van der Waals surface area contributed by atoms with Crippen molar-refractivity contribution in [2.75, 3.05) is 20.1 Å². The van der Waals surface area contributed by atoms with Crippen LogP contribution in [0, 0.1) is 17.2 Å². The molecular formula is C17H31N3. The first-order valence-electron chi connectivity index (χ1n) is 8.49. The standard InChI is InChI=1S/C17H31N3/c1-17(14-18,19-16-9-10-16)11-6-12-20(2)13-15-7-4-3-5-8-15/h15-16,19H,3-13H2,1-2H3. The van der Waals surface area contributed by atoms with Crippen molar-refractivity contribution in [3.63, 3.8) is 0 Å². The Balaban J connectivity index is 1.62. The SMILES string of the molecule is CN(CCCC(C)(C#N)NC1CC1)CC1CCCCC1. The number of nitrogens with zero attached hydrogens (tertiary/aromatic N) is 2. The van der Waals surface area contributed by atoms with Gasteiger partial charge in [-0.15, -0.1) is 0 Å². The summed E-state index contributed by atoms with van der Waals surface area (Å²) < 4.78 is 0. The van der Waals surface area contributed by atoms with Crippen LogP contribution in [-0.2, 0) is 0 Å². The Hall–Kier alpha value is -0.590. The van der Waals surface area contributed by atoms with Crippen LogP contribution in [0.2, 0.25) is 0 Å². The molecule has 2 saturated carbocycles. The van der Waals surface area contributed by atoms with Gasteiger partial charge in [0.05, 0.1) is 6.07 Å². The monoisotopic (exact) mass is 277 g/mol. The molecule has 0 aromatic carbocycles. The largest absolute Gasteiger partial charge is 0.306 e. The molecule has 2 aliphatic rings. The Labute approximate surface area is 124 Å². The average molecular weight is 277 g/mol. The lowest BCUT2D eigenvalue weighted by molar-refractivity contribution is 0.225. The first kappa shape index (κ1) is 15.8. The second kappa shape index (κ2) is 7.43. The van der Waals surface area contributed by atoms with Gasteiger partial charge >= 0.3 is 0 Å². The maximum absolute atomic E-state index is 9.36. The molecule has 0 aliphatic heterocycles. The topological polar surface area (TPSA) is 39.1 Å². The van der Waals surface area contributed by atoms with E-state index in [0.717, 1.165) is 25.3 Å². The summed E-state index contributed by atoms with van der Waals surface area (Å²) >= 11 is 0. The molecule has 3 heteroatoms. The summed E-state index contributed by atoms with van der Waals surface area (Å²) in [5.74, 6) is 0.917. The van der Waals surface area contributed by atoms with Crippen molar-refractivity contribution < 1.29 is 0 Å². The number of rotatable bonds is 8. The molecule has 0 radical (unpaired) electrons. The molecule has 114 valence electrons. The molecule has 0 aromatic heterocycles. The van der Waals surface area contributed by atoms with Crippen LogP contribution in [-0.4, -0.2) is 36.6 Å². The summed E-state index contributed by atoms with van der Waals surface area (Å²) in [4.78, 5) is 2.48. The van der Waals surface area contributed by atoms with E-state index in [1.165, 1.54) is 51.5 Å². The molecule has 3 nitrogen and oxygen atoms in total. The molecule has 2 rings (SSSR count). The minimum atomic E-state index is -0.313. The first-order chi connectivity index (χ1) is 9.61. The number of hydrogen-bond acceptors (Lipinski definition) is 3. The molecule has 0 saturated heterocycles. The molecule has 0 amide bonds. The van der Waals surface area contributed by atoms with E-state index in [1.54, 1.807) is 0 Å². The van der Waals surface area contributed by atoms with Gasteiger partial charge in [0.25, 0.3) is 0 Å². The Morgan fingerprint density at radius 1 is 1.20 bits per heavy atom. The van der Waals surface area contributed by atoms with E-state index in [0.29, 0.717) is 6.04 Å². The lowest BCUT2D eigenvalue weighted by Gasteiger charge is -2.28. The molecule has 0 spiro atoms. The van der Waals surface area contributed by atoms with Gasteiger partial charge in [-0.05, 0) is 65.0 Å². The van der Waals surface area contributed by atoms with Gasteiger partial charge in [0, 0.05) is 12.6 Å². The third kappa shape index (κ3) is 5.42. The van der Waals surface area contributed by atoms with Crippen LogP contribution in [0.15, 0.2) is 0 Å². The van der Waals surface area contributed by atoms with E-state index in [-0.39, 0.29) is 5.54 Å². The highest BCUT2D eigenvalue weighted by Crippen LogP contribution is 2.25. The Morgan fingerprint density at radius 3 is 2.50 bits per heavy atom. The fourth-order valence-electron chi connectivity index (χ4n) is 3.44. The number of nitrogens with one attached hydrogen (secondary N) is 1. The predicted molar refractivity (Wildman–Crippen MR) is 83.5 cm³/mol. The van der Waals surface area contributed by atoms with Crippen LogP contribution in [0.25, 0.3) is 0 Å². The predicted octanol–water partition coefficient (Wildman–Crippen LogP) is 3.31. The maximum atomic E-state index is 9.36. The highest BCUT2D eigenvalue weighted by Gasteiger charge is 2.32. The quantitative estimate of drug-likeness (QED) is 0.740. The minimum absolute atomic E-state index is 0.313. The highest BCUT2D eigenvalue weighted by molar-refractivity contribution is 5.07. The van der Waals surface area contributed by atoms with Gasteiger partial charge < -0.3 is 4.90 Å². The van der Waals surface area contributed by atoms with Crippen molar-refractivity contribution in [1.82, 2.24) is 10.2 Å². The Morgan fingerprint density at radius 2 is 1.90 bits per heavy atom. The molecular weight excluding hydrogens is 246 g/mol. The summed E-state index contributed by atoms with van der Waals surface area (Å²) in [5.41, 5.74) is -0.313. The number of hydrogen-bond donors (Lipinski definition) is 1. The van der Waals surface area contributed by atoms with Crippen molar-refractivity contribution in [3.8, 4) is 6.07 Å². The van der Waals surface area contributed by atoms with Gasteiger partial charge in [-0.3, -0.25) is 5.32 Å². The fourth-order valence-corrected chi connectivity index (χ4v) is 3.44. The van der Waals surface area contributed by atoms with E-state index in [1.807, 2.05) is 0 Å². The molecule has 1 N–H and O–H groups in total. The van der Waals surface area contributed by atoms with E-state index in [9.17, 15) is 5.26 Å². The lowest BCUT2D eigenvalue weighted by atomic mass is 9.89. The molecule has 2 fully saturated rings. The molecule has 0 bridgehead atoms. The van der Waals surface area contributed by atoms with Gasteiger partial charge in [0.1, 0.15) is 5.54 Å². The lowest BCUT2D eigenvalue weighted by Crippen LogP contribution is -2.43. The minimum Gasteiger partial charge on any atom is -0.306 e. The Kier molecular flexibility index (Phi) is 5.86. The average Bonchev–Trinajstić information content (AvgIpc) is 3.23. The van der Waals surface area contributed by atoms with Gasteiger partial charge in [0.15, 0.2) is 0 Å². The van der Waals surface area contributed by atoms with Gasteiger partial charge in [0.2, 0.25) is 0 Å². The van der Waals surface area contributed by atoms with Crippen molar-refractivity contribution in [2.24, 2.45) is 5.92 Å². The van der Waals surface area contributed by atoms with Crippen molar-refractivity contribution in [1.29, 1.82) is 5.26 Å². The fraction of sp³-hybridized carbons (Fsp3) is 0.941. The normalized spacial score (nSPS) is 23.5. The molecule has 0 heterocycles. The van der Waals surface area contributed by atoms with Crippen LogP contribution in [0.4, 0.5) is 0 Å². The second-order valence-corrected chi connectivity index (χ2v) is 7.23. The summed E-state index contributed by atoms with van der Waals surface area (Å²) in [6.07, 6.45) is 11.7. The van der Waals surface area contributed by atoms with Crippen molar-refractivity contribution in [3.05, 3.63) is 0 Å². The first-order valence-corrected chi connectivity index (χ1v) is 8.49. The van der Waals surface area contributed by atoms with Crippen molar-refractivity contribution >= 4 is 0 Å². The molecule has 1 atom stereocenters. The molecule has 2 aliphatic carbocycles. The molecule has 1 unspecified atom stereocenters. The third-order valence-electron chi connectivity index (χ3n) is 4.86. The van der Waals surface area contributed by atoms with Gasteiger partial charge in [-0.2, -0.15) is 5.26 Å². The summed E-state index contributed by atoms with van der Waals surface area (Å²) in [6, 6.07) is 3.09. The number of nitriles is 1. The highest BCUT2D eigenvalue weighted by atomic mass is 15.1. The maximum Gasteiger partial charge on any atom is 0.104 e. The van der Waals surface area contributed by atoms with Gasteiger partial charge in [-0.1, -0.05) is 19.3 Å². The third-order valence-corrected chi connectivity index (χ3v) is 4.86. The zero-order chi connectivity index (χ0) is 14.4. The van der Waals surface area contributed by atoms with E-state index in [2.05, 4.69) is 30.3 Å². The van der Waals surface area contributed by atoms with E-state index in [4.69, 9.17) is 0 Å². The zero-order valence-corrected chi connectivity index (χ0v) is 13.3. The van der Waals surface area contributed by atoms with E-state index < -0.39 is 0 Å². The molecule has 0 aromatic rings. The second-order valence-electron chi connectivity index (χ2n) is 7.23. The summed E-state index contributed by atoms with van der Waals surface area (Å²) in [6.45, 7) is 4.44. The van der Waals surface area contributed by atoms with Crippen LogP contribution < -0.4 is 5.32 Å². The Bertz CT molecular complexity index is 326. The smallest absolute Gasteiger partial charge is 0.104 e. The zero-order valence-electron chi connectivity index (χ0n) is 13.3. The van der Waals surface area contributed by atoms with Crippen LogP contribution in [0.5, 0.6) is 0 Å². The van der Waals surface area contributed by atoms with E-state index >= 15 is 0 Å². The van der Waals surface area contributed by atoms with Crippen LogP contribution >= 0.6 is 0 Å². The van der Waals surface area contributed by atoms with Crippen LogP contribution in [0.3, 0.4) is 0 Å².